The second-order valence-corrected chi connectivity index (χ2v) is 7.26. The molecule has 0 N–H and O–H groups in total. The minimum absolute atomic E-state index is 0.195. The van der Waals surface area contributed by atoms with E-state index >= 15 is 0 Å². The Morgan fingerprint density at radius 3 is 2.42 bits per heavy atom. The largest absolute Gasteiger partial charge is 0.497 e. The van der Waals surface area contributed by atoms with Gasteiger partial charge in [-0.15, -0.1) is 0 Å². The van der Waals surface area contributed by atoms with Crippen LogP contribution in [-0.4, -0.2) is 61.3 Å². The van der Waals surface area contributed by atoms with E-state index in [-0.39, 0.29) is 6.09 Å². The Kier molecular flexibility index (Phi) is 6.49. The van der Waals surface area contributed by atoms with Gasteiger partial charge >= 0.3 is 6.09 Å². The first kappa shape index (κ1) is 18.6. The van der Waals surface area contributed by atoms with E-state index < -0.39 is 5.60 Å². The van der Waals surface area contributed by atoms with Crippen molar-refractivity contribution in [1.29, 1.82) is 0 Å². The molecular formula is C19H30N2O3. The van der Waals surface area contributed by atoms with Crippen LogP contribution in [0.15, 0.2) is 24.3 Å². The number of amides is 1. The van der Waals surface area contributed by atoms with Crippen molar-refractivity contribution in [3.63, 3.8) is 0 Å². The van der Waals surface area contributed by atoms with Gasteiger partial charge < -0.3 is 19.3 Å². The molecular weight excluding hydrogens is 304 g/mol. The van der Waals surface area contributed by atoms with E-state index in [1.54, 1.807) is 7.11 Å². The van der Waals surface area contributed by atoms with Gasteiger partial charge in [0, 0.05) is 26.2 Å². The van der Waals surface area contributed by atoms with Crippen LogP contribution >= 0.6 is 0 Å². The first-order chi connectivity index (χ1) is 11.4. The average molecular weight is 334 g/mol. The van der Waals surface area contributed by atoms with Crippen molar-refractivity contribution in [3.05, 3.63) is 29.8 Å². The molecule has 0 spiro atoms. The molecule has 1 aromatic carbocycles. The molecule has 0 saturated carbocycles. The van der Waals surface area contributed by atoms with Crippen molar-refractivity contribution in [2.75, 3.05) is 39.8 Å². The van der Waals surface area contributed by atoms with Crippen LogP contribution in [0.1, 0.15) is 32.8 Å². The molecule has 2 rings (SSSR count). The van der Waals surface area contributed by atoms with Gasteiger partial charge in [-0.1, -0.05) is 12.1 Å². The molecule has 24 heavy (non-hydrogen) atoms. The normalized spacial score (nSPS) is 16.6. The molecule has 1 amide bonds. The molecule has 0 aromatic heterocycles. The maximum Gasteiger partial charge on any atom is 0.410 e. The second-order valence-electron chi connectivity index (χ2n) is 7.26. The predicted molar refractivity (Wildman–Crippen MR) is 95.6 cm³/mol. The summed E-state index contributed by atoms with van der Waals surface area (Å²) < 4.78 is 10.7. The fourth-order valence-electron chi connectivity index (χ4n) is 2.78. The van der Waals surface area contributed by atoms with Gasteiger partial charge in [0.05, 0.1) is 7.11 Å². The van der Waals surface area contributed by atoms with Gasteiger partial charge in [-0.25, -0.2) is 4.79 Å². The van der Waals surface area contributed by atoms with Gasteiger partial charge in [0.15, 0.2) is 0 Å². The van der Waals surface area contributed by atoms with Crippen molar-refractivity contribution >= 4 is 6.09 Å². The number of rotatable bonds is 4. The van der Waals surface area contributed by atoms with Crippen LogP contribution in [0.4, 0.5) is 4.79 Å². The number of carbonyl (C=O) groups excluding carboxylic acids is 1. The third-order valence-electron chi connectivity index (χ3n) is 4.12. The smallest absolute Gasteiger partial charge is 0.410 e. The molecule has 0 aliphatic carbocycles. The number of carbonyl (C=O) groups is 1. The van der Waals surface area contributed by atoms with E-state index in [1.165, 1.54) is 5.56 Å². The summed E-state index contributed by atoms with van der Waals surface area (Å²) in [7, 11) is 1.68. The fraction of sp³-hybridized carbons (Fsp3) is 0.632. The van der Waals surface area contributed by atoms with E-state index in [2.05, 4.69) is 17.0 Å². The van der Waals surface area contributed by atoms with Crippen LogP contribution in [0.3, 0.4) is 0 Å². The lowest BCUT2D eigenvalue weighted by Crippen LogP contribution is -2.39. The van der Waals surface area contributed by atoms with Crippen molar-refractivity contribution < 1.29 is 14.3 Å². The maximum atomic E-state index is 12.2. The molecule has 0 bridgehead atoms. The van der Waals surface area contributed by atoms with Crippen LogP contribution in [0, 0.1) is 0 Å². The topological polar surface area (TPSA) is 42.0 Å². The van der Waals surface area contributed by atoms with Gasteiger partial charge in [-0.05, 0) is 57.9 Å². The standard InChI is InChI=1S/C19H30N2O3/c1-19(2,3)24-18(22)21-12-5-11-20(14-15-21)13-10-16-6-8-17(23-4)9-7-16/h6-9H,5,10-15H2,1-4H3. The summed E-state index contributed by atoms with van der Waals surface area (Å²) in [4.78, 5) is 16.4. The zero-order chi connectivity index (χ0) is 17.6. The number of benzene rings is 1. The average Bonchev–Trinajstić information content (AvgIpc) is 2.77. The Labute approximate surface area is 145 Å². The zero-order valence-electron chi connectivity index (χ0n) is 15.4. The molecule has 1 aromatic rings. The highest BCUT2D eigenvalue weighted by atomic mass is 16.6. The zero-order valence-corrected chi connectivity index (χ0v) is 15.4. The van der Waals surface area contributed by atoms with Crippen LogP contribution < -0.4 is 4.74 Å². The van der Waals surface area contributed by atoms with E-state index in [4.69, 9.17) is 9.47 Å². The Morgan fingerprint density at radius 2 is 1.79 bits per heavy atom. The predicted octanol–water partition coefficient (Wildman–Crippen LogP) is 3.18. The van der Waals surface area contributed by atoms with Crippen molar-refractivity contribution in [1.82, 2.24) is 9.80 Å². The van der Waals surface area contributed by atoms with Crippen molar-refractivity contribution in [2.24, 2.45) is 0 Å². The van der Waals surface area contributed by atoms with Crippen LogP contribution in [-0.2, 0) is 11.2 Å². The summed E-state index contributed by atoms with van der Waals surface area (Å²) in [5.41, 5.74) is 0.876. The number of hydrogen-bond acceptors (Lipinski definition) is 4. The third kappa shape index (κ3) is 6.04. The quantitative estimate of drug-likeness (QED) is 0.848. The summed E-state index contributed by atoms with van der Waals surface area (Å²) in [5, 5.41) is 0. The van der Waals surface area contributed by atoms with Crippen LogP contribution in [0.5, 0.6) is 5.75 Å². The highest BCUT2D eigenvalue weighted by Gasteiger charge is 2.24. The molecule has 1 fully saturated rings. The van der Waals surface area contributed by atoms with Crippen molar-refractivity contribution in [2.45, 2.75) is 39.2 Å². The lowest BCUT2D eigenvalue weighted by Gasteiger charge is -2.26. The molecule has 1 saturated heterocycles. The van der Waals surface area contributed by atoms with Crippen LogP contribution in [0.2, 0.25) is 0 Å². The second kappa shape index (κ2) is 8.38. The molecule has 1 aliphatic heterocycles. The third-order valence-corrected chi connectivity index (χ3v) is 4.12. The molecule has 1 aliphatic rings. The Hall–Kier alpha value is -1.75. The maximum absolute atomic E-state index is 12.2. The molecule has 0 atom stereocenters. The number of methoxy groups -OCH3 is 1. The summed E-state index contributed by atoms with van der Waals surface area (Å²) >= 11 is 0. The Balaban J connectivity index is 1.79. The van der Waals surface area contributed by atoms with Gasteiger partial charge in [0.1, 0.15) is 11.4 Å². The number of ether oxygens (including phenoxy) is 2. The molecule has 5 heteroatoms. The van der Waals surface area contributed by atoms with Crippen molar-refractivity contribution in [3.8, 4) is 5.75 Å². The summed E-state index contributed by atoms with van der Waals surface area (Å²) in [5.74, 6) is 0.890. The highest BCUT2D eigenvalue weighted by molar-refractivity contribution is 5.68. The molecule has 1 heterocycles. The Bertz CT molecular complexity index is 522. The van der Waals surface area contributed by atoms with Gasteiger partial charge in [-0.3, -0.25) is 0 Å². The minimum atomic E-state index is -0.433. The monoisotopic (exact) mass is 334 g/mol. The van der Waals surface area contributed by atoms with E-state index in [1.807, 2.05) is 37.8 Å². The number of hydrogen-bond donors (Lipinski definition) is 0. The summed E-state index contributed by atoms with van der Waals surface area (Å²) in [6, 6.07) is 8.23. The van der Waals surface area contributed by atoms with E-state index in [0.717, 1.165) is 51.3 Å². The van der Waals surface area contributed by atoms with Crippen LogP contribution in [0.25, 0.3) is 0 Å². The summed E-state index contributed by atoms with van der Waals surface area (Å²) in [6.07, 6.45) is 1.80. The van der Waals surface area contributed by atoms with E-state index in [9.17, 15) is 4.79 Å². The molecule has 0 unspecified atom stereocenters. The first-order valence-electron chi connectivity index (χ1n) is 8.70. The summed E-state index contributed by atoms with van der Waals surface area (Å²) in [6.45, 7) is 10.2. The molecule has 5 nitrogen and oxygen atoms in total. The highest BCUT2D eigenvalue weighted by Crippen LogP contribution is 2.14. The number of nitrogens with zero attached hydrogens (tertiary/aromatic N) is 2. The molecule has 134 valence electrons. The van der Waals surface area contributed by atoms with Gasteiger partial charge in [0.25, 0.3) is 0 Å². The lowest BCUT2D eigenvalue weighted by molar-refractivity contribution is 0.0258. The first-order valence-corrected chi connectivity index (χ1v) is 8.70. The van der Waals surface area contributed by atoms with Gasteiger partial charge in [0.2, 0.25) is 0 Å². The van der Waals surface area contributed by atoms with E-state index in [0.29, 0.717) is 0 Å². The fourth-order valence-corrected chi connectivity index (χ4v) is 2.78. The Morgan fingerprint density at radius 1 is 1.08 bits per heavy atom. The molecule has 0 radical (unpaired) electrons. The minimum Gasteiger partial charge on any atom is -0.497 e. The van der Waals surface area contributed by atoms with Gasteiger partial charge in [-0.2, -0.15) is 0 Å². The lowest BCUT2D eigenvalue weighted by atomic mass is 10.1. The SMILES string of the molecule is COc1ccc(CCN2CCCN(C(=O)OC(C)(C)C)CC2)cc1.